The third-order valence-electron chi connectivity index (χ3n) is 4.88. The molecule has 0 spiro atoms. The van der Waals surface area contributed by atoms with Crippen molar-refractivity contribution in [2.75, 3.05) is 18.5 Å². The smallest absolute Gasteiger partial charge is 0.145 e. The first-order chi connectivity index (χ1) is 13.5. The summed E-state index contributed by atoms with van der Waals surface area (Å²) >= 11 is 0. The van der Waals surface area contributed by atoms with Crippen LogP contribution in [-0.2, 0) is 12.8 Å². The number of nitrogens with zero attached hydrogens (tertiary/aromatic N) is 1. The molecule has 2 aromatic carbocycles. The van der Waals surface area contributed by atoms with Crippen molar-refractivity contribution in [3.8, 4) is 23.0 Å². The molecular formula is C20H22N4O4. The lowest BCUT2D eigenvalue weighted by Crippen LogP contribution is -2.16. The van der Waals surface area contributed by atoms with Gasteiger partial charge in [-0.2, -0.15) is 0 Å². The SMILES string of the molecule is NCCc1cn(NCCc2c[nH]c3c(O)cc(O)cc23)c2c(O)cc(O)cc12. The van der Waals surface area contributed by atoms with E-state index < -0.39 is 0 Å². The highest BCUT2D eigenvalue weighted by Gasteiger charge is 2.14. The molecule has 8 heteroatoms. The van der Waals surface area contributed by atoms with Crippen LogP contribution in [0.1, 0.15) is 11.1 Å². The lowest BCUT2D eigenvalue weighted by Gasteiger charge is -2.10. The number of rotatable bonds is 6. The number of hydrogen-bond donors (Lipinski definition) is 7. The Labute approximate surface area is 160 Å². The van der Waals surface area contributed by atoms with Crippen LogP contribution in [0, 0.1) is 0 Å². The van der Waals surface area contributed by atoms with E-state index in [0.717, 1.165) is 21.9 Å². The van der Waals surface area contributed by atoms with Crippen molar-refractivity contribution >= 4 is 21.8 Å². The molecule has 0 aliphatic carbocycles. The largest absolute Gasteiger partial charge is 0.508 e. The number of hydrogen-bond acceptors (Lipinski definition) is 6. The molecule has 146 valence electrons. The number of aromatic hydroxyl groups is 4. The maximum atomic E-state index is 10.3. The van der Waals surface area contributed by atoms with Crippen molar-refractivity contribution in [2.45, 2.75) is 12.8 Å². The van der Waals surface area contributed by atoms with Gasteiger partial charge in [-0.05, 0) is 42.6 Å². The average molecular weight is 382 g/mol. The molecule has 4 aromatic rings. The van der Waals surface area contributed by atoms with Gasteiger partial charge in [0.1, 0.15) is 28.5 Å². The van der Waals surface area contributed by atoms with E-state index in [0.29, 0.717) is 37.0 Å². The number of nitrogens with one attached hydrogen (secondary N) is 2. The monoisotopic (exact) mass is 382 g/mol. The van der Waals surface area contributed by atoms with E-state index in [1.54, 1.807) is 23.0 Å². The molecule has 4 rings (SSSR count). The van der Waals surface area contributed by atoms with Crippen molar-refractivity contribution in [1.82, 2.24) is 9.66 Å². The topological polar surface area (TPSA) is 140 Å². The fourth-order valence-corrected chi connectivity index (χ4v) is 3.64. The number of nitrogens with two attached hydrogens (primary N) is 1. The molecule has 8 N–H and O–H groups in total. The first-order valence-corrected chi connectivity index (χ1v) is 8.99. The molecule has 2 aromatic heterocycles. The molecule has 0 radical (unpaired) electrons. The van der Waals surface area contributed by atoms with E-state index in [9.17, 15) is 20.4 Å². The number of H-pyrrole nitrogens is 1. The van der Waals surface area contributed by atoms with Crippen molar-refractivity contribution in [3.05, 3.63) is 47.8 Å². The van der Waals surface area contributed by atoms with Gasteiger partial charge in [-0.25, -0.2) is 0 Å². The van der Waals surface area contributed by atoms with E-state index >= 15 is 0 Å². The van der Waals surface area contributed by atoms with Crippen molar-refractivity contribution in [1.29, 1.82) is 0 Å². The number of benzene rings is 2. The zero-order valence-electron chi connectivity index (χ0n) is 15.1. The predicted octanol–water partition coefficient (Wildman–Crippen LogP) is 2.23. The van der Waals surface area contributed by atoms with E-state index in [-0.39, 0.29) is 23.0 Å². The second-order valence-electron chi connectivity index (χ2n) is 6.78. The Morgan fingerprint density at radius 3 is 2.36 bits per heavy atom. The van der Waals surface area contributed by atoms with Crippen LogP contribution in [0.2, 0.25) is 0 Å². The molecular weight excluding hydrogens is 360 g/mol. The summed E-state index contributed by atoms with van der Waals surface area (Å²) in [5.74, 6) is -0.0136. The number of fused-ring (bicyclic) bond motifs is 2. The van der Waals surface area contributed by atoms with Gasteiger partial charge in [0.05, 0.1) is 5.52 Å². The molecule has 0 saturated heterocycles. The Morgan fingerprint density at radius 1 is 0.893 bits per heavy atom. The van der Waals surface area contributed by atoms with Crippen molar-refractivity contribution in [3.63, 3.8) is 0 Å². The lowest BCUT2D eigenvalue weighted by molar-refractivity contribution is 0.453. The van der Waals surface area contributed by atoms with Crippen LogP contribution >= 0.6 is 0 Å². The normalized spacial score (nSPS) is 11.5. The summed E-state index contributed by atoms with van der Waals surface area (Å²) < 4.78 is 1.74. The summed E-state index contributed by atoms with van der Waals surface area (Å²) in [6, 6.07) is 5.82. The van der Waals surface area contributed by atoms with E-state index in [4.69, 9.17) is 5.73 Å². The zero-order chi connectivity index (χ0) is 19.8. The van der Waals surface area contributed by atoms with Crippen molar-refractivity contribution < 1.29 is 20.4 Å². The Morgan fingerprint density at radius 2 is 1.61 bits per heavy atom. The van der Waals surface area contributed by atoms with Crippen LogP contribution in [0.3, 0.4) is 0 Å². The minimum absolute atomic E-state index is 0.000528. The van der Waals surface area contributed by atoms with Crippen molar-refractivity contribution in [2.24, 2.45) is 5.73 Å². The van der Waals surface area contributed by atoms with Gasteiger partial charge in [0, 0.05) is 41.8 Å². The number of phenolic OH excluding ortho intramolecular Hbond substituents is 4. The summed E-state index contributed by atoms with van der Waals surface area (Å²) in [7, 11) is 0. The molecule has 0 aliphatic rings. The Hall–Kier alpha value is -3.52. The van der Waals surface area contributed by atoms with E-state index in [1.807, 2.05) is 6.20 Å². The van der Waals surface area contributed by atoms with Gasteiger partial charge in [0.15, 0.2) is 0 Å². The average Bonchev–Trinajstić information content (AvgIpc) is 3.18. The third kappa shape index (κ3) is 3.03. The summed E-state index contributed by atoms with van der Waals surface area (Å²) in [4.78, 5) is 3.02. The number of aromatic amines is 1. The summed E-state index contributed by atoms with van der Waals surface area (Å²) in [6.07, 6.45) is 4.90. The van der Waals surface area contributed by atoms with Crippen LogP contribution in [0.25, 0.3) is 21.8 Å². The van der Waals surface area contributed by atoms with Crippen LogP contribution < -0.4 is 11.2 Å². The Kier molecular flexibility index (Phi) is 4.40. The minimum atomic E-state index is -0.0206. The molecule has 2 heterocycles. The van der Waals surface area contributed by atoms with E-state index in [2.05, 4.69) is 10.4 Å². The summed E-state index contributed by atoms with van der Waals surface area (Å²) in [5.41, 5.74) is 12.0. The molecule has 0 atom stereocenters. The lowest BCUT2D eigenvalue weighted by atomic mass is 10.1. The van der Waals surface area contributed by atoms with Gasteiger partial charge < -0.3 is 36.6 Å². The van der Waals surface area contributed by atoms with Crippen LogP contribution in [0.15, 0.2) is 36.7 Å². The number of aromatic nitrogens is 2. The highest BCUT2D eigenvalue weighted by Crippen LogP contribution is 2.33. The standard InChI is InChI=1S/C20H22N4O4/c21-3-1-12-10-24(20-16(12)6-14(26)8-18(20)28)23-4-2-11-9-22-19-15(11)5-13(25)7-17(19)27/h5-10,22-23,25-28H,1-4,21H2. The second kappa shape index (κ2) is 6.90. The minimum Gasteiger partial charge on any atom is -0.508 e. The van der Waals surface area contributed by atoms with Gasteiger partial charge in [0.25, 0.3) is 0 Å². The maximum absolute atomic E-state index is 10.3. The van der Waals surface area contributed by atoms with Gasteiger partial charge >= 0.3 is 0 Å². The molecule has 0 unspecified atom stereocenters. The Bertz CT molecular complexity index is 1160. The van der Waals surface area contributed by atoms with Gasteiger partial charge in [0.2, 0.25) is 0 Å². The molecule has 0 bridgehead atoms. The highest BCUT2D eigenvalue weighted by atomic mass is 16.3. The summed E-state index contributed by atoms with van der Waals surface area (Å²) in [6.45, 7) is 0.993. The second-order valence-corrected chi connectivity index (χ2v) is 6.78. The highest BCUT2D eigenvalue weighted by molar-refractivity contribution is 5.91. The maximum Gasteiger partial charge on any atom is 0.145 e. The van der Waals surface area contributed by atoms with Gasteiger partial charge in [-0.15, -0.1) is 0 Å². The first kappa shape index (κ1) is 17.9. The fourth-order valence-electron chi connectivity index (χ4n) is 3.64. The molecule has 0 fully saturated rings. The Balaban J connectivity index is 1.60. The van der Waals surface area contributed by atoms with Gasteiger partial charge in [-0.1, -0.05) is 0 Å². The first-order valence-electron chi connectivity index (χ1n) is 8.99. The predicted molar refractivity (Wildman–Crippen MR) is 108 cm³/mol. The van der Waals surface area contributed by atoms with Crippen LogP contribution in [0.4, 0.5) is 0 Å². The van der Waals surface area contributed by atoms with Crippen LogP contribution in [-0.4, -0.2) is 43.2 Å². The van der Waals surface area contributed by atoms with Gasteiger partial charge in [-0.3, -0.25) is 4.68 Å². The van der Waals surface area contributed by atoms with Crippen LogP contribution in [0.5, 0.6) is 23.0 Å². The summed E-state index contributed by atoms with van der Waals surface area (Å²) in [5, 5.41) is 41.2. The molecule has 0 saturated carbocycles. The quantitative estimate of drug-likeness (QED) is 0.273. The fraction of sp³-hybridized carbons (Fsp3) is 0.200. The third-order valence-corrected chi connectivity index (χ3v) is 4.88. The number of phenols is 4. The molecule has 0 amide bonds. The van der Waals surface area contributed by atoms with E-state index in [1.165, 1.54) is 12.1 Å². The molecule has 28 heavy (non-hydrogen) atoms. The zero-order valence-corrected chi connectivity index (χ0v) is 15.1. The molecule has 8 nitrogen and oxygen atoms in total. The molecule has 0 aliphatic heterocycles.